The fourth-order valence-electron chi connectivity index (χ4n) is 3.05. The van der Waals surface area contributed by atoms with Gasteiger partial charge in [-0.05, 0) is 44.2 Å². The van der Waals surface area contributed by atoms with Gasteiger partial charge in [0.15, 0.2) is 0 Å². The standard InChI is InChI=1S/C24H19ClN2O2S/c1-15-11-13-17(14-12-15)30-21-10-6-5-9-20(21)26-24(28)22-16(2)29-27-23(22)18-7-3-4-8-19(18)25/h3-14H,1-2H3,(H,26,28). The van der Waals surface area contributed by atoms with E-state index < -0.39 is 0 Å². The Morgan fingerprint density at radius 2 is 1.67 bits per heavy atom. The number of benzene rings is 3. The van der Waals surface area contributed by atoms with Gasteiger partial charge in [0.05, 0.1) is 10.7 Å². The number of aromatic nitrogens is 1. The molecule has 1 amide bonds. The number of nitrogens with zero attached hydrogens (tertiary/aromatic N) is 1. The average Bonchev–Trinajstić information content (AvgIpc) is 3.13. The predicted molar refractivity (Wildman–Crippen MR) is 121 cm³/mol. The number of hydrogen-bond donors (Lipinski definition) is 1. The molecule has 0 bridgehead atoms. The Hall–Kier alpha value is -3.02. The summed E-state index contributed by atoms with van der Waals surface area (Å²) in [6, 6.07) is 23.2. The highest BCUT2D eigenvalue weighted by molar-refractivity contribution is 7.99. The largest absolute Gasteiger partial charge is 0.360 e. The number of aryl methyl sites for hydroxylation is 2. The van der Waals surface area contributed by atoms with Crippen LogP contribution < -0.4 is 5.32 Å². The molecule has 3 aromatic carbocycles. The van der Waals surface area contributed by atoms with Crippen molar-refractivity contribution in [1.82, 2.24) is 5.16 Å². The summed E-state index contributed by atoms with van der Waals surface area (Å²) in [6.45, 7) is 3.77. The molecule has 1 aromatic heterocycles. The van der Waals surface area contributed by atoms with Crippen LogP contribution in [0.2, 0.25) is 5.02 Å². The van der Waals surface area contributed by atoms with E-state index in [2.05, 4.69) is 41.7 Å². The number of hydrogen-bond acceptors (Lipinski definition) is 4. The van der Waals surface area contributed by atoms with Crippen LogP contribution in [0.25, 0.3) is 11.3 Å². The molecule has 0 spiro atoms. The van der Waals surface area contributed by atoms with Crippen molar-refractivity contribution in [2.75, 3.05) is 5.32 Å². The number of anilines is 1. The van der Waals surface area contributed by atoms with Gasteiger partial charge in [-0.15, -0.1) is 0 Å². The van der Waals surface area contributed by atoms with Crippen molar-refractivity contribution < 1.29 is 9.32 Å². The van der Waals surface area contributed by atoms with Crippen molar-refractivity contribution in [3.8, 4) is 11.3 Å². The van der Waals surface area contributed by atoms with E-state index in [9.17, 15) is 4.79 Å². The lowest BCUT2D eigenvalue weighted by Crippen LogP contribution is -2.14. The highest BCUT2D eigenvalue weighted by atomic mass is 35.5. The van der Waals surface area contributed by atoms with Crippen LogP contribution in [0.5, 0.6) is 0 Å². The summed E-state index contributed by atoms with van der Waals surface area (Å²) in [7, 11) is 0. The quantitative estimate of drug-likeness (QED) is 0.366. The molecule has 1 N–H and O–H groups in total. The molecule has 4 rings (SSSR count). The van der Waals surface area contributed by atoms with Gasteiger partial charge in [-0.1, -0.05) is 76.5 Å². The Kier molecular flexibility index (Phi) is 5.93. The molecular formula is C24H19ClN2O2S. The van der Waals surface area contributed by atoms with E-state index in [-0.39, 0.29) is 5.91 Å². The molecule has 0 saturated heterocycles. The van der Waals surface area contributed by atoms with Gasteiger partial charge in [-0.3, -0.25) is 4.79 Å². The summed E-state index contributed by atoms with van der Waals surface area (Å²) in [4.78, 5) is 15.2. The first-order chi connectivity index (χ1) is 14.5. The van der Waals surface area contributed by atoms with Gasteiger partial charge >= 0.3 is 0 Å². The molecular weight excluding hydrogens is 416 g/mol. The summed E-state index contributed by atoms with van der Waals surface area (Å²) in [5, 5.41) is 7.60. The summed E-state index contributed by atoms with van der Waals surface area (Å²) in [5.74, 6) is 0.145. The van der Waals surface area contributed by atoms with Crippen LogP contribution in [-0.4, -0.2) is 11.1 Å². The minimum absolute atomic E-state index is 0.291. The number of carbonyl (C=O) groups is 1. The number of nitrogens with one attached hydrogen (secondary N) is 1. The van der Waals surface area contributed by atoms with Crippen molar-refractivity contribution in [1.29, 1.82) is 0 Å². The van der Waals surface area contributed by atoms with Gasteiger partial charge in [0, 0.05) is 15.4 Å². The van der Waals surface area contributed by atoms with Gasteiger partial charge < -0.3 is 9.84 Å². The van der Waals surface area contributed by atoms with E-state index in [0.717, 1.165) is 15.5 Å². The zero-order chi connectivity index (χ0) is 21.1. The molecule has 30 heavy (non-hydrogen) atoms. The maximum atomic E-state index is 13.2. The monoisotopic (exact) mass is 434 g/mol. The van der Waals surface area contributed by atoms with Crippen molar-refractivity contribution in [3.63, 3.8) is 0 Å². The van der Waals surface area contributed by atoms with E-state index in [1.54, 1.807) is 24.8 Å². The van der Waals surface area contributed by atoms with Crippen LogP contribution in [0.4, 0.5) is 5.69 Å². The minimum atomic E-state index is -0.291. The van der Waals surface area contributed by atoms with E-state index in [4.69, 9.17) is 16.1 Å². The number of carbonyl (C=O) groups excluding carboxylic acids is 1. The third kappa shape index (κ3) is 4.27. The van der Waals surface area contributed by atoms with E-state index in [1.165, 1.54) is 5.56 Å². The summed E-state index contributed by atoms with van der Waals surface area (Å²) < 4.78 is 5.33. The molecule has 1 heterocycles. The number of halogens is 1. The molecule has 0 aliphatic heterocycles. The molecule has 0 radical (unpaired) electrons. The summed E-state index contributed by atoms with van der Waals surface area (Å²) in [5.41, 5.74) is 3.38. The lowest BCUT2D eigenvalue weighted by molar-refractivity contribution is 0.102. The van der Waals surface area contributed by atoms with Crippen LogP contribution in [0.15, 0.2) is 87.1 Å². The zero-order valence-electron chi connectivity index (χ0n) is 16.5. The van der Waals surface area contributed by atoms with Crippen LogP contribution >= 0.6 is 23.4 Å². The second kappa shape index (κ2) is 8.78. The Morgan fingerprint density at radius 3 is 2.43 bits per heavy atom. The molecule has 6 heteroatoms. The van der Waals surface area contributed by atoms with Crippen molar-refractivity contribution >= 4 is 35.0 Å². The third-order valence-corrected chi connectivity index (χ3v) is 6.02. The van der Waals surface area contributed by atoms with Gasteiger partial charge in [-0.25, -0.2) is 0 Å². The Balaban J connectivity index is 1.64. The fraction of sp³-hybridized carbons (Fsp3) is 0.0833. The average molecular weight is 435 g/mol. The smallest absolute Gasteiger partial charge is 0.261 e. The highest BCUT2D eigenvalue weighted by Crippen LogP contribution is 2.35. The lowest BCUT2D eigenvalue weighted by Gasteiger charge is -2.11. The Bertz CT molecular complexity index is 1200. The number of rotatable bonds is 5. The molecule has 0 unspecified atom stereocenters. The second-order valence-corrected chi connectivity index (χ2v) is 8.33. The highest BCUT2D eigenvalue weighted by Gasteiger charge is 2.23. The fourth-order valence-corrected chi connectivity index (χ4v) is 4.18. The maximum Gasteiger partial charge on any atom is 0.261 e. The zero-order valence-corrected chi connectivity index (χ0v) is 18.1. The molecule has 0 fully saturated rings. The van der Waals surface area contributed by atoms with Crippen molar-refractivity contribution in [2.24, 2.45) is 0 Å². The van der Waals surface area contributed by atoms with Gasteiger partial charge in [0.2, 0.25) is 0 Å². The van der Waals surface area contributed by atoms with Crippen LogP contribution in [0, 0.1) is 13.8 Å². The van der Waals surface area contributed by atoms with Crippen molar-refractivity contribution in [2.45, 2.75) is 23.6 Å². The molecule has 4 nitrogen and oxygen atoms in total. The molecule has 0 aliphatic rings. The van der Waals surface area contributed by atoms with Gasteiger partial charge in [0.1, 0.15) is 17.0 Å². The van der Waals surface area contributed by atoms with Crippen LogP contribution in [-0.2, 0) is 0 Å². The maximum absolute atomic E-state index is 13.2. The second-order valence-electron chi connectivity index (χ2n) is 6.81. The molecule has 0 aliphatic carbocycles. The lowest BCUT2D eigenvalue weighted by atomic mass is 10.1. The van der Waals surface area contributed by atoms with Gasteiger partial charge in [0.25, 0.3) is 5.91 Å². The van der Waals surface area contributed by atoms with E-state index in [1.807, 2.05) is 42.5 Å². The van der Waals surface area contributed by atoms with Gasteiger partial charge in [-0.2, -0.15) is 0 Å². The molecule has 4 aromatic rings. The molecule has 150 valence electrons. The minimum Gasteiger partial charge on any atom is -0.360 e. The first kappa shape index (κ1) is 20.3. The Labute approximate surface area is 184 Å². The normalized spacial score (nSPS) is 10.8. The van der Waals surface area contributed by atoms with Crippen molar-refractivity contribution in [3.05, 3.63) is 94.7 Å². The van der Waals surface area contributed by atoms with Crippen LogP contribution in [0.1, 0.15) is 21.7 Å². The number of amides is 1. The SMILES string of the molecule is Cc1ccc(Sc2ccccc2NC(=O)c2c(-c3ccccc3Cl)noc2C)cc1. The molecule has 0 saturated carbocycles. The van der Waals surface area contributed by atoms with E-state index >= 15 is 0 Å². The summed E-state index contributed by atoms with van der Waals surface area (Å²) in [6.07, 6.45) is 0. The van der Waals surface area contributed by atoms with E-state index in [0.29, 0.717) is 27.6 Å². The predicted octanol–water partition coefficient (Wildman–Crippen LogP) is 7.02. The number of para-hydroxylation sites is 1. The topological polar surface area (TPSA) is 55.1 Å². The van der Waals surface area contributed by atoms with Crippen LogP contribution in [0.3, 0.4) is 0 Å². The molecule has 0 atom stereocenters. The first-order valence-corrected chi connectivity index (χ1v) is 10.6. The third-order valence-electron chi connectivity index (χ3n) is 4.60. The Morgan fingerprint density at radius 1 is 0.967 bits per heavy atom. The summed E-state index contributed by atoms with van der Waals surface area (Å²) >= 11 is 7.91. The first-order valence-electron chi connectivity index (χ1n) is 9.39.